The number of nitrogens with zero attached hydrogens (tertiary/aromatic N) is 7. The highest BCUT2D eigenvalue weighted by atomic mass is 15.3. The van der Waals surface area contributed by atoms with Gasteiger partial charge in [-0.3, -0.25) is 0 Å². The van der Waals surface area contributed by atoms with Crippen molar-refractivity contribution in [1.29, 1.82) is 5.26 Å². The summed E-state index contributed by atoms with van der Waals surface area (Å²) in [6.45, 7) is 3.20. The average molecular weight is 253 g/mol. The van der Waals surface area contributed by atoms with Gasteiger partial charge in [-0.15, -0.1) is 10.2 Å². The molecule has 0 bridgehead atoms. The molecule has 0 spiro atoms. The molecule has 1 aliphatic heterocycles. The Labute approximate surface area is 109 Å². The third-order valence-corrected chi connectivity index (χ3v) is 2.92. The quantitative estimate of drug-likeness (QED) is 0.773. The van der Waals surface area contributed by atoms with Crippen molar-refractivity contribution in [2.24, 2.45) is 10.2 Å². The predicted molar refractivity (Wildman–Crippen MR) is 66.1 cm³/mol. The van der Waals surface area contributed by atoms with E-state index in [9.17, 15) is 0 Å². The summed E-state index contributed by atoms with van der Waals surface area (Å²) in [5, 5.41) is 25.4. The van der Waals surface area contributed by atoms with E-state index in [1.54, 1.807) is 12.1 Å². The third-order valence-electron chi connectivity index (χ3n) is 2.92. The van der Waals surface area contributed by atoms with Gasteiger partial charge in [-0.05, 0) is 19.1 Å². The first kappa shape index (κ1) is 11.5. The molecule has 0 saturated heterocycles. The third kappa shape index (κ3) is 1.97. The zero-order valence-corrected chi connectivity index (χ0v) is 10.4. The summed E-state index contributed by atoms with van der Waals surface area (Å²) in [5.74, 6) is 1.44. The Balaban J connectivity index is 2.10. The molecule has 94 valence electrons. The number of azo groups is 1. The molecule has 3 rings (SSSR count). The first-order valence-corrected chi connectivity index (χ1v) is 5.97. The van der Waals surface area contributed by atoms with Gasteiger partial charge < -0.3 is 4.57 Å². The molecule has 0 unspecified atom stereocenters. The molecule has 19 heavy (non-hydrogen) atoms. The fraction of sp³-hybridized carbons (Fsp3) is 0.333. The summed E-state index contributed by atoms with van der Waals surface area (Å²) in [6, 6.07) is 7.19. The second-order valence-corrected chi connectivity index (χ2v) is 4.21. The second kappa shape index (κ2) is 4.57. The van der Waals surface area contributed by atoms with Crippen molar-refractivity contribution in [3.05, 3.63) is 29.7 Å². The van der Waals surface area contributed by atoms with E-state index in [0.29, 0.717) is 30.3 Å². The minimum atomic E-state index is -0.108. The van der Waals surface area contributed by atoms with Crippen LogP contribution in [0.4, 0.5) is 0 Å². The van der Waals surface area contributed by atoms with Crippen LogP contribution in [0.5, 0.6) is 0 Å². The van der Waals surface area contributed by atoms with E-state index < -0.39 is 0 Å². The Morgan fingerprint density at radius 1 is 1.37 bits per heavy atom. The second-order valence-electron chi connectivity index (χ2n) is 4.21. The summed E-state index contributed by atoms with van der Waals surface area (Å²) < 4.78 is 1.97. The molecule has 0 N–H and O–H groups in total. The van der Waals surface area contributed by atoms with Crippen LogP contribution < -0.4 is 0 Å². The Morgan fingerprint density at radius 3 is 3.11 bits per heavy atom. The Kier molecular flexibility index (Phi) is 2.76. The van der Waals surface area contributed by atoms with Gasteiger partial charge in [0.1, 0.15) is 23.5 Å². The van der Waals surface area contributed by atoms with Gasteiger partial charge in [0.2, 0.25) is 0 Å². The van der Waals surface area contributed by atoms with Crippen LogP contribution in [0.3, 0.4) is 0 Å². The lowest BCUT2D eigenvalue weighted by atomic mass is 10.3. The first-order valence-electron chi connectivity index (χ1n) is 5.97. The normalized spacial score (nSPS) is 17.6. The Hall–Kier alpha value is -2.62. The number of pyridine rings is 1. The Bertz CT molecular complexity index is 680. The van der Waals surface area contributed by atoms with E-state index >= 15 is 0 Å². The summed E-state index contributed by atoms with van der Waals surface area (Å²) in [5.41, 5.74) is 1.01. The molecule has 0 fully saturated rings. The smallest absolute Gasteiger partial charge is 0.182 e. The lowest BCUT2D eigenvalue weighted by Gasteiger charge is -2.07. The van der Waals surface area contributed by atoms with Gasteiger partial charge in [0.25, 0.3) is 0 Å². The van der Waals surface area contributed by atoms with Gasteiger partial charge in [-0.2, -0.15) is 15.5 Å². The SMILES string of the molecule is C[C@H]1N=NCCn2c(-c3cccc(C#N)n3)nnc21. The van der Waals surface area contributed by atoms with E-state index in [2.05, 4.69) is 25.4 Å². The molecule has 0 aromatic carbocycles. The van der Waals surface area contributed by atoms with Gasteiger partial charge >= 0.3 is 0 Å². The van der Waals surface area contributed by atoms with Crippen molar-refractivity contribution in [3.63, 3.8) is 0 Å². The highest BCUT2D eigenvalue weighted by Gasteiger charge is 2.20. The molecule has 7 heteroatoms. The lowest BCUT2D eigenvalue weighted by Crippen LogP contribution is -2.07. The standard InChI is InChI=1S/C12H11N7/c1-8-11-17-18-12(19(11)6-5-14-16-8)10-4-2-3-9(7-13)15-10/h2-4,8H,5-6H2,1H3/t8-/m1/s1. The number of rotatable bonds is 1. The number of aromatic nitrogens is 4. The van der Waals surface area contributed by atoms with Crippen molar-refractivity contribution in [2.75, 3.05) is 6.54 Å². The number of hydrogen-bond acceptors (Lipinski definition) is 6. The van der Waals surface area contributed by atoms with Crippen LogP contribution in [0, 0.1) is 11.3 Å². The highest BCUT2D eigenvalue weighted by molar-refractivity contribution is 5.51. The fourth-order valence-corrected chi connectivity index (χ4v) is 2.03. The van der Waals surface area contributed by atoms with Gasteiger partial charge in [0, 0.05) is 6.54 Å². The van der Waals surface area contributed by atoms with E-state index in [4.69, 9.17) is 5.26 Å². The molecule has 2 aromatic heterocycles. The largest absolute Gasteiger partial charge is 0.306 e. The summed E-state index contributed by atoms with van der Waals surface area (Å²) in [6.07, 6.45) is 0. The van der Waals surface area contributed by atoms with E-state index in [1.165, 1.54) is 0 Å². The molecule has 3 heterocycles. The van der Waals surface area contributed by atoms with E-state index in [-0.39, 0.29) is 6.04 Å². The molecule has 0 radical (unpaired) electrons. The molecule has 0 saturated carbocycles. The summed E-state index contributed by atoms with van der Waals surface area (Å²) >= 11 is 0. The van der Waals surface area contributed by atoms with Crippen molar-refractivity contribution in [2.45, 2.75) is 19.5 Å². The Morgan fingerprint density at radius 2 is 2.26 bits per heavy atom. The van der Waals surface area contributed by atoms with Gasteiger partial charge in [0.05, 0.1) is 6.54 Å². The lowest BCUT2D eigenvalue weighted by molar-refractivity contribution is 0.661. The first-order chi connectivity index (χ1) is 9.29. The predicted octanol–water partition coefficient (Wildman–Crippen LogP) is 1.74. The molecular weight excluding hydrogens is 242 g/mol. The molecule has 2 aromatic rings. The van der Waals surface area contributed by atoms with E-state index in [1.807, 2.05) is 23.6 Å². The molecule has 7 nitrogen and oxygen atoms in total. The average Bonchev–Trinajstić information content (AvgIpc) is 2.79. The highest BCUT2D eigenvalue weighted by Crippen LogP contribution is 2.23. The topological polar surface area (TPSA) is 92.1 Å². The number of fused-ring (bicyclic) bond motifs is 1. The number of hydrogen-bond donors (Lipinski definition) is 0. The van der Waals surface area contributed by atoms with Crippen LogP contribution in [-0.2, 0) is 6.54 Å². The number of nitriles is 1. The maximum Gasteiger partial charge on any atom is 0.182 e. The van der Waals surface area contributed by atoms with Crippen molar-refractivity contribution in [3.8, 4) is 17.6 Å². The molecular formula is C12H11N7. The molecule has 0 amide bonds. The molecule has 1 atom stereocenters. The zero-order chi connectivity index (χ0) is 13.2. The minimum absolute atomic E-state index is 0.108. The van der Waals surface area contributed by atoms with Crippen molar-refractivity contribution >= 4 is 0 Å². The van der Waals surface area contributed by atoms with Crippen LogP contribution >= 0.6 is 0 Å². The van der Waals surface area contributed by atoms with Crippen LogP contribution in [0.2, 0.25) is 0 Å². The monoisotopic (exact) mass is 253 g/mol. The molecule has 0 aliphatic carbocycles. The van der Waals surface area contributed by atoms with Crippen LogP contribution in [0.1, 0.15) is 24.5 Å². The molecule has 1 aliphatic rings. The van der Waals surface area contributed by atoms with Gasteiger partial charge in [-0.25, -0.2) is 4.98 Å². The van der Waals surface area contributed by atoms with Gasteiger partial charge in [-0.1, -0.05) is 6.07 Å². The summed E-state index contributed by atoms with van der Waals surface area (Å²) in [7, 11) is 0. The van der Waals surface area contributed by atoms with Crippen molar-refractivity contribution in [1.82, 2.24) is 19.7 Å². The maximum absolute atomic E-state index is 8.90. The van der Waals surface area contributed by atoms with E-state index in [0.717, 1.165) is 5.82 Å². The van der Waals surface area contributed by atoms with Crippen LogP contribution in [-0.4, -0.2) is 26.3 Å². The van der Waals surface area contributed by atoms with Crippen LogP contribution in [0.25, 0.3) is 11.5 Å². The minimum Gasteiger partial charge on any atom is -0.306 e. The van der Waals surface area contributed by atoms with Gasteiger partial charge in [0.15, 0.2) is 11.6 Å². The fourth-order valence-electron chi connectivity index (χ4n) is 2.03. The van der Waals surface area contributed by atoms with Crippen LogP contribution in [0.15, 0.2) is 28.4 Å². The maximum atomic E-state index is 8.90. The summed E-state index contributed by atoms with van der Waals surface area (Å²) in [4.78, 5) is 4.25. The van der Waals surface area contributed by atoms with Crippen molar-refractivity contribution < 1.29 is 0 Å². The zero-order valence-electron chi connectivity index (χ0n) is 10.4.